The van der Waals surface area contributed by atoms with Gasteiger partial charge in [-0.1, -0.05) is 13.0 Å². The van der Waals surface area contributed by atoms with E-state index in [1.807, 2.05) is 11.6 Å². The Hall–Kier alpha value is -1.62. The van der Waals surface area contributed by atoms with Crippen molar-refractivity contribution in [3.05, 3.63) is 39.8 Å². The highest BCUT2D eigenvalue weighted by Crippen LogP contribution is 2.12. The molecule has 1 amide bonds. The summed E-state index contributed by atoms with van der Waals surface area (Å²) in [5, 5.41) is 9.57. The summed E-state index contributed by atoms with van der Waals surface area (Å²) >= 11 is 1.76. The van der Waals surface area contributed by atoms with Gasteiger partial charge in [0.05, 0.1) is 5.69 Å². The molecule has 1 atom stereocenters. The number of nitrogens with one attached hydrogen (secondary N) is 1. The van der Waals surface area contributed by atoms with E-state index in [1.165, 1.54) is 10.6 Å². The molecule has 0 saturated heterocycles. The van der Waals surface area contributed by atoms with Crippen LogP contribution < -0.4 is 5.32 Å². The van der Waals surface area contributed by atoms with Gasteiger partial charge in [-0.25, -0.2) is 0 Å². The van der Waals surface area contributed by atoms with E-state index in [1.54, 1.807) is 11.3 Å². The second-order valence-corrected chi connectivity index (χ2v) is 6.98. The van der Waals surface area contributed by atoms with E-state index in [0.29, 0.717) is 18.9 Å². The van der Waals surface area contributed by atoms with E-state index in [4.69, 9.17) is 0 Å². The van der Waals surface area contributed by atoms with E-state index in [0.717, 1.165) is 25.1 Å². The summed E-state index contributed by atoms with van der Waals surface area (Å²) in [7, 11) is 0. The first kappa shape index (κ1) is 16.7. The van der Waals surface area contributed by atoms with Crippen molar-refractivity contribution in [3.8, 4) is 0 Å². The van der Waals surface area contributed by atoms with Crippen LogP contribution in [0.4, 0.5) is 0 Å². The van der Waals surface area contributed by atoms with Crippen LogP contribution in [0.3, 0.4) is 0 Å². The molecule has 0 fully saturated rings. The predicted octanol–water partition coefficient (Wildman–Crippen LogP) is 3.34. The molecule has 2 heterocycles. The topological polar surface area (TPSA) is 46.9 Å². The van der Waals surface area contributed by atoms with Gasteiger partial charge in [0, 0.05) is 30.1 Å². The van der Waals surface area contributed by atoms with E-state index in [9.17, 15) is 4.79 Å². The number of hydrogen-bond acceptors (Lipinski definition) is 3. The molecule has 1 N–H and O–H groups in total. The Kier molecular flexibility index (Phi) is 6.19. The Morgan fingerprint density at radius 2 is 2.27 bits per heavy atom. The van der Waals surface area contributed by atoms with Crippen LogP contribution in [0.2, 0.25) is 0 Å². The van der Waals surface area contributed by atoms with Crippen molar-refractivity contribution in [2.45, 2.75) is 46.6 Å². The Morgan fingerprint density at radius 1 is 1.45 bits per heavy atom. The molecular weight excluding hydrogens is 294 g/mol. The molecule has 5 heteroatoms. The fourth-order valence-electron chi connectivity index (χ4n) is 2.47. The van der Waals surface area contributed by atoms with Gasteiger partial charge in [0.1, 0.15) is 0 Å². The first-order valence-corrected chi connectivity index (χ1v) is 8.72. The van der Waals surface area contributed by atoms with Gasteiger partial charge in [0.15, 0.2) is 0 Å². The monoisotopic (exact) mass is 319 g/mol. The molecule has 2 rings (SSSR count). The van der Waals surface area contributed by atoms with E-state index in [-0.39, 0.29) is 5.91 Å². The van der Waals surface area contributed by atoms with Gasteiger partial charge in [0.2, 0.25) is 5.91 Å². The minimum atomic E-state index is 0.150. The molecule has 120 valence electrons. The number of rotatable bonds is 8. The highest BCUT2D eigenvalue weighted by atomic mass is 32.1. The normalized spacial score (nSPS) is 12.3. The van der Waals surface area contributed by atoms with Crippen LogP contribution in [0.25, 0.3) is 0 Å². The zero-order valence-corrected chi connectivity index (χ0v) is 14.4. The summed E-state index contributed by atoms with van der Waals surface area (Å²) in [6.07, 6.45) is 2.51. The van der Waals surface area contributed by atoms with Crippen molar-refractivity contribution in [2.24, 2.45) is 5.92 Å². The van der Waals surface area contributed by atoms with Crippen LogP contribution in [0.15, 0.2) is 23.6 Å². The summed E-state index contributed by atoms with van der Waals surface area (Å²) < 4.78 is 2.02. The standard InChI is InChI=1S/C17H25N3OS/c1-13(12-20-15(3)10-14(2)19-20)11-18-17(21)8-4-6-16-7-5-9-22-16/h5,7,9-10,13H,4,6,8,11-12H2,1-3H3,(H,18,21)/t13-/m1/s1. The van der Waals surface area contributed by atoms with Crippen LogP contribution in [0.5, 0.6) is 0 Å². The summed E-state index contributed by atoms with van der Waals surface area (Å²) in [5.41, 5.74) is 2.22. The third kappa shape index (κ3) is 5.30. The number of aryl methyl sites for hydroxylation is 3. The minimum Gasteiger partial charge on any atom is -0.356 e. The lowest BCUT2D eigenvalue weighted by Crippen LogP contribution is -2.30. The molecule has 22 heavy (non-hydrogen) atoms. The van der Waals surface area contributed by atoms with Crippen molar-refractivity contribution >= 4 is 17.2 Å². The van der Waals surface area contributed by atoms with Crippen molar-refractivity contribution < 1.29 is 4.79 Å². The molecule has 0 aliphatic rings. The average molecular weight is 319 g/mol. The van der Waals surface area contributed by atoms with Crippen LogP contribution in [-0.2, 0) is 17.8 Å². The smallest absolute Gasteiger partial charge is 0.220 e. The number of nitrogens with zero attached hydrogens (tertiary/aromatic N) is 2. The van der Waals surface area contributed by atoms with Crippen LogP contribution in [-0.4, -0.2) is 22.2 Å². The summed E-state index contributed by atoms with van der Waals surface area (Å²) in [4.78, 5) is 13.2. The van der Waals surface area contributed by atoms with Gasteiger partial charge in [0.25, 0.3) is 0 Å². The Labute approximate surface area is 136 Å². The number of hydrogen-bond donors (Lipinski definition) is 1. The molecule has 0 aliphatic heterocycles. The number of amides is 1. The SMILES string of the molecule is Cc1cc(C)n(C[C@H](C)CNC(=O)CCCc2cccs2)n1. The number of carbonyl (C=O) groups is 1. The molecule has 0 bridgehead atoms. The number of thiophene rings is 1. The van der Waals surface area contributed by atoms with E-state index < -0.39 is 0 Å². The molecule has 2 aromatic rings. The quantitative estimate of drug-likeness (QED) is 0.811. The van der Waals surface area contributed by atoms with Gasteiger partial charge in [-0.3, -0.25) is 9.48 Å². The maximum Gasteiger partial charge on any atom is 0.220 e. The first-order chi connectivity index (χ1) is 10.5. The highest BCUT2D eigenvalue weighted by Gasteiger charge is 2.09. The lowest BCUT2D eigenvalue weighted by atomic mass is 10.1. The molecular formula is C17H25N3OS. The zero-order valence-electron chi connectivity index (χ0n) is 13.6. The number of aromatic nitrogens is 2. The van der Waals surface area contributed by atoms with Crippen LogP contribution in [0, 0.1) is 19.8 Å². The second-order valence-electron chi connectivity index (χ2n) is 5.95. The van der Waals surface area contributed by atoms with E-state index in [2.05, 4.69) is 47.8 Å². The van der Waals surface area contributed by atoms with Crippen LogP contribution in [0.1, 0.15) is 36.0 Å². The maximum absolute atomic E-state index is 11.9. The largest absolute Gasteiger partial charge is 0.356 e. The minimum absolute atomic E-state index is 0.150. The third-order valence-electron chi connectivity index (χ3n) is 3.64. The Bertz CT molecular complexity index is 589. The van der Waals surface area contributed by atoms with E-state index >= 15 is 0 Å². The molecule has 0 aliphatic carbocycles. The Balaban J connectivity index is 1.64. The van der Waals surface area contributed by atoms with Gasteiger partial charge >= 0.3 is 0 Å². The maximum atomic E-state index is 11.9. The third-order valence-corrected chi connectivity index (χ3v) is 4.58. The molecule has 0 radical (unpaired) electrons. The first-order valence-electron chi connectivity index (χ1n) is 7.84. The summed E-state index contributed by atoms with van der Waals surface area (Å²) in [6, 6.07) is 6.26. The molecule has 0 unspecified atom stereocenters. The lowest BCUT2D eigenvalue weighted by molar-refractivity contribution is -0.121. The molecule has 2 aromatic heterocycles. The fourth-order valence-corrected chi connectivity index (χ4v) is 3.23. The Morgan fingerprint density at radius 3 is 2.91 bits per heavy atom. The van der Waals surface area contributed by atoms with Crippen molar-refractivity contribution in [1.29, 1.82) is 0 Å². The summed E-state index contributed by atoms with van der Waals surface area (Å²) in [6.45, 7) is 7.76. The lowest BCUT2D eigenvalue weighted by Gasteiger charge is -2.14. The zero-order chi connectivity index (χ0) is 15.9. The molecule has 0 saturated carbocycles. The van der Waals surface area contributed by atoms with Gasteiger partial charge < -0.3 is 5.32 Å². The van der Waals surface area contributed by atoms with Crippen molar-refractivity contribution in [1.82, 2.24) is 15.1 Å². The van der Waals surface area contributed by atoms with Gasteiger partial charge in [-0.2, -0.15) is 5.10 Å². The molecule has 4 nitrogen and oxygen atoms in total. The van der Waals surface area contributed by atoms with Crippen molar-refractivity contribution in [3.63, 3.8) is 0 Å². The second kappa shape index (κ2) is 8.13. The van der Waals surface area contributed by atoms with Crippen LogP contribution >= 0.6 is 11.3 Å². The fraction of sp³-hybridized carbons (Fsp3) is 0.529. The summed E-state index contributed by atoms with van der Waals surface area (Å²) in [5.74, 6) is 0.524. The highest BCUT2D eigenvalue weighted by molar-refractivity contribution is 7.09. The van der Waals surface area contributed by atoms with Gasteiger partial charge in [-0.05, 0) is 50.1 Å². The predicted molar refractivity (Wildman–Crippen MR) is 91.1 cm³/mol. The molecule has 0 spiro atoms. The van der Waals surface area contributed by atoms with Crippen molar-refractivity contribution in [2.75, 3.05) is 6.54 Å². The average Bonchev–Trinajstić information content (AvgIpc) is 3.07. The number of carbonyl (C=O) groups excluding carboxylic acids is 1. The van der Waals surface area contributed by atoms with Gasteiger partial charge in [-0.15, -0.1) is 11.3 Å². The molecule has 0 aromatic carbocycles.